The molecule has 1 aromatic carbocycles. The van der Waals surface area contributed by atoms with Gasteiger partial charge in [-0.05, 0) is 44.0 Å². The Bertz CT molecular complexity index is 699. The van der Waals surface area contributed by atoms with Gasteiger partial charge in [0, 0.05) is 25.2 Å². The van der Waals surface area contributed by atoms with Gasteiger partial charge in [-0.25, -0.2) is 9.07 Å². The Labute approximate surface area is 134 Å². The highest BCUT2D eigenvalue weighted by molar-refractivity contribution is 5.92. The molecule has 0 spiro atoms. The molecule has 2 unspecified atom stereocenters. The van der Waals surface area contributed by atoms with Crippen molar-refractivity contribution in [1.29, 1.82) is 0 Å². The van der Waals surface area contributed by atoms with Crippen molar-refractivity contribution in [2.75, 3.05) is 13.1 Å². The Hall–Kier alpha value is -2.21. The third-order valence-corrected chi connectivity index (χ3v) is 4.31. The van der Waals surface area contributed by atoms with E-state index in [1.807, 2.05) is 0 Å². The first-order chi connectivity index (χ1) is 11.0. The number of nitrogens with zero attached hydrogens (tertiary/aromatic N) is 3. The summed E-state index contributed by atoms with van der Waals surface area (Å²) in [6.45, 7) is 2.98. The minimum absolute atomic E-state index is 0.109. The maximum Gasteiger partial charge on any atom is 0.274 e. The zero-order valence-corrected chi connectivity index (χ0v) is 13.0. The van der Waals surface area contributed by atoms with Gasteiger partial charge in [-0.1, -0.05) is 6.07 Å². The summed E-state index contributed by atoms with van der Waals surface area (Å²) >= 11 is 0. The van der Waals surface area contributed by atoms with Crippen LogP contribution >= 0.6 is 0 Å². The molecule has 0 bridgehead atoms. The van der Waals surface area contributed by atoms with Gasteiger partial charge < -0.3 is 10.0 Å². The lowest BCUT2D eigenvalue weighted by molar-refractivity contribution is 0.0461. The number of aliphatic hydroxyl groups is 1. The van der Waals surface area contributed by atoms with E-state index in [9.17, 15) is 14.3 Å². The van der Waals surface area contributed by atoms with Crippen molar-refractivity contribution in [3.8, 4) is 5.69 Å². The number of likely N-dealkylation sites (tertiary alicyclic amines) is 1. The van der Waals surface area contributed by atoms with Gasteiger partial charge in [0.05, 0.1) is 11.8 Å². The van der Waals surface area contributed by atoms with Crippen molar-refractivity contribution in [2.24, 2.45) is 5.92 Å². The van der Waals surface area contributed by atoms with Gasteiger partial charge in [0.2, 0.25) is 0 Å². The number of hydrogen-bond acceptors (Lipinski definition) is 3. The summed E-state index contributed by atoms with van der Waals surface area (Å²) in [7, 11) is 0. The van der Waals surface area contributed by atoms with Crippen LogP contribution in [0.4, 0.5) is 4.39 Å². The first-order valence-corrected chi connectivity index (χ1v) is 7.83. The molecule has 0 radical (unpaired) electrons. The van der Waals surface area contributed by atoms with E-state index in [0.717, 1.165) is 12.8 Å². The predicted molar refractivity (Wildman–Crippen MR) is 83.8 cm³/mol. The van der Waals surface area contributed by atoms with Crippen LogP contribution in [0.1, 0.15) is 30.3 Å². The second-order valence-corrected chi connectivity index (χ2v) is 6.02. The molecule has 5 nitrogen and oxygen atoms in total. The number of benzene rings is 1. The third kappa shape index (κ3) is 3.42. The normalized spacial score (nSPS) is 19.6. The average molecular weight is 317 g/mol. The van der Waals surface area contributed by atoms with Crippen molar-refractivity contribution in [3.05, 3.63) is 48.0 Å². The summed E-state index contributed by atoms with van der Waals surface area (Å²) in [4.78, 5) is 14.3. The van der Waals surface area contributed by atoms with Gasteiger partial charge in [0.1, 0.15) is 5.82 Å². The van der Waals surface area contributed by atoms with Crippen LogP contribution in [0.25, 0.3) is 5.69 Å². The molecular formula is C17H20FN3O2. The number of hydrogen-bond donors (Lipinski definition) is 1. The second-order valence-electron chi connectivity index (χ2n) is 6.02. The average Bonchev–Trinajstić information content (AvgIpc) is 3.04. The Morgan fingerprint density at radius 2 is 2.26 bits per heavy atom. The standard InChI is InChI=1S/C17H20FN3O2/c1-12(22)13-4-3-8-20(11-13)17(23)16-7-9-21(19-16)15-6-2-5-14(18)10-15/h2,5-7,9-10,12-13,22H,3-4,8,11H2,1H3. The zero-order valence-electron chi connectivity index (χ0n) is 13.0. The molecule has 1 aliphatic rings. The number of rotatable bonds is 3. The van der Waals surface area contributed by atoms with Crippen LogP contribution in [0.15, 0.2) is 36.5 Å². The first-order valence-electron chi connectivity index (χ1n) is 7.83. The van der Waals surface area contributed by atoms with Crippen molar-refractivity contribution in [1.82, 2.24) is 14.7 Å². The number of carbonyl (C=O) groups excluding carboxylic acids is 1. The highest BCUT2D eigenvalue weighted by atomic mass is 19.1. The minimum atomic E-state index is -0.421. The molecule has 0 aliphatic carbocycles. The maximum absolute atomic E-state index is 13.3. The van der Waals surface area contributed by atoms with E-state index in [4.69, 9.17) is 0 Å². The highest BCUT2D eigenvalue weighted by Crippen LogP contribution is 2.21. The molecule has 1 N–H and O–H groups in total. The minimum Gasteiger partial charge on any atom is -0.393 e. The lowest BCUT2D eigenvalue weighted by atomic mass is 9.93. The number of aromatic nitrogens is 2. The quantitative estimate of drug-likeness (QED) is 0.944. The lowest BCUT2D eigenvalue weighted by Crippen LogP contribution is -2.43. The van der Waals surface area contributed by atoms with E-state index >= 15 is 0 Å². The molecular weight excluding hydrogens is 297 g/mol. The van der Waals surface area contributed by atoms with Gasteiger partial charge in [0.25, 0.3) is 5.91 Å². The smallest absolute Gasteiger partial charge is 0.274 e. The Morgan fingerprint density at radius 3 is 3.00 bits per heavy atom. The maximum atomic E-state index is 13.3. The van der Waals surface area contributed by atoms with Gasteiger partial charge in [-0.15, -0.1) is 0 Å². The topological polar surface area (TPSA) is 58.4 Å². The van der Waals surface area contributed by atoms with Crippen LogP contribution in [0.3, 0.4) is 0 Å². The first kappa shape index (κ1) is 15.7. The SMILES string of the molecule is CC(O)C1CCCN(C(=O)c2ccn(-c3cccc(F)c3)n2)C1. The van der Waals surface area contributed by atoms with Crippen molar-refractivity contribution >= 4 is 5.91 Å². The summed E-state index contributed by atoms with van der Waals surface area (Å²) in [6, 6.07) is 7.70. The van der Waals surface area contributed by atoms with E-state index < -0.39 is 6.10 Å². The number of carbonyl (C=O) groups is 1. The third-order valence-electron chi connectivity index (χ3n) is 4.31. The van der Waals surface area contributed by atoms with Crippen molar-refractivity contribution < 1.29 is 14.3 Å². The fourth-order valence-corrected chi connectivity index (χ4v) is 2.95. The van der Waals surface area contributed by atoms with Gasteiger partial charge in [-0.2, -0.15) is 5.10 Å². The largest absolute Gasteiger partial charge is 0.393 e. The van der Waals surface area contributed by atoms with Crippen LogP contribution in [-0.2, 0) is 0 Å². The summed E-state index contributed by atoms with van der Waals surface area (Å²) in [5, 5.41) is 14.0. The molecule has 0 saturated carbocycles. The molecule has 2 heterocycles. The molecule has 1 saturated heterocycles. The molecule has 1 aliphatic heterocycles. The van der Waals surface area contributed by atoms with E-state index in [1.54, 1.807) is 36.2 Å². The number of halogens is 1. The van der Waals surface area contributed by atoms with Crippen molar-refractivity contribution in [2.45, 2.75) is 25.9 Å². The Kier molecular flexibility index (Phi) is 4.43. The molecule has 122 valence electrons. The zero-order chi connectivity index (χ0) is 16.4. The van der Waals surface area contributed by atoms with Gasteiger partial charge in [-0.3, -0.25) is 4.79 Å². The lowest BCUT2D eigenvalue weighted by Gasteiger charge is -2.33. The fraction of sp³-hybridized carbons (Fsp3) is 0.412. The van der Waals surface area contributed by atoms with Crippen molar-refractivity contribution in [3.63, 3.8) is 0 Å². The molecule has 2 atom stereocenters. The van der Waals surface area contributed by atoms with Crippen LogP contribution in [-0.4, -0.2) is 44.9 Å². The monoisotopic (exact) mass is 317 g/mol. The Morgan fingerprint density at radius 1 is 1.43 bits per heavy atom. The van der Waals surface area contributed by atoms with E-state index in [2.05, 4.69) is 5.10 Å². The summed E-state index contributed by atoms with van der Waals surface area (Å²) in [6.07, 6.45) is 3.04. The summed E-state index contributed by atoms with van der Waals surface area (Å²) in [5.41, 5.74) is 0.907. The van der Waals surface area contributed by atoms with E-state index in [0.29, 0.717) is 24.5 Å². The number of amides is 1. The molecule has 3 rings (SSSR count). The highest BCUT2D eigenvalue weighted by Gasteiger charge is 2.28. The molecule has 2 aromatic rings. The molecule has 1 fully saturated rings. The molecule has 6 heteroatoms. The van der Waals surface area contributed by atoms with Gasteiger partial charge >= 0.3 is 0 Å². The Balaban J connectivity index is 1.76. The number of aliphatic hydroxyl groups excluding tert-OH is 1. The fourth-order valence-electron chi connectivity index (χ4n) is 2.95. The van der Waals surface area contributed by atoms with E-state index in [-0.39, 0.29) is 17.6 Å². The van der Waals surface area contributed by atoms with E-state index in [1.165, 1.54) is 16.8 Å². The number of piperidine rings is 1. The van der Waals surface area contributed by atoms with Crippen LogP contribution in [0.2, 0.25) is 0 Å². The summed E-state index contributed by atoms with van der Waals surface area (Å²) < 4.78 is 14.8. The predicted octanol–water partition coefficient (Wildman–Crippen LogP) is 2.24. The second kappa shape index (κ2) is 6.50. The molecule has 1 aromatic heterocycles. The van der Waals surface area contributed by atoms with Gasteiger partial charge in [0.15, 0.2) is 5.69 Å². The van der Waals surface area contributed by atoms with Crippen LogP contribution in [0.5, 0.6) is 0 Å². The van der Waals surface area contributed by atoms with Crippen LogP contribution < -0.4 is 0 Å². The molecule has 1 amide bonds. The summed E-state index contributed by atoms with van der Waals surface area (Å²) in [5.74, 6) is -0.384. The van der Waals surface area contributed by atoms with Crippen LogP contribution in [0, 0.1) is 11.7 Å². The molecule has 23 heavy (non-hydrogen) atoms.